The van der Waals surface area contributed by atoms with Crippen molar-refractivity contribution in [2.24, 2.45) is 5.84 Å². The molecule has 1 saturated heterocycles. The zero-order valence-electron chi connectivity index (χ0n) is 10.0. The number of nitrogens with one attached hydrogen (secondary N) is 1. The van der Waals surface area contributed by atoms with Crippen LogP contribution in [0.2, 0.25) is 10.0 Å². The van der Waals surface area contributed by atoms with Crippen molar-refractivity contribution in [1.29, 1.82) is 0 Å². The van der Waals surface area contributed by atoms with Gasteiger partial charge in [0.1, 0.15) is 0 Å². The Balaban J connectivity index is 2.29. The molecule has 1 aromatic carbocycles. The average Bonchev–Trinajstić information content (AvgIpc) is 2.37. The fraction of sp³-hybridized carbons (Fsp3) is 0.500. The Morgan fingerprint density at radius 2 is 2.06 bits per heavy atom. The molecule has 2 nitrogen and oxygen atoms in total. The molecule has 6 heteroatoms. The Morgan fingerprint density at radius 1 is 1.33 bits per heavy atom. The van der Waals surface area contributed by atoms with E-state index in [4.69, 9.17) is 29.0 Å². The largest absolute Gasteiger partial charge is 0.271 e. The highest BCUT2D eigenvalue weighted by atomic mass is 35.5. The molecule has 0 aromatic heterocycles. The molecule has 3 atom stereocenters. The monoisotopic (exact) mass is 322 g/mol. The van der Waals surface area contributed by atoms with Crippen LogP contribution in [0.1, 0.15) is 18.5 Å². The van der Waals surface area contributed by atoms with E-state index in [2.05, 4.69) is 12.3 Å². The molecule has 0 spiro atoms. The molecule has 0 radical (unpaired) electrons. The van der Waals surface area contributed by atoms with Crippen molar-refractivity contribution >= 4 is 46.7 Å². The zero-order chi connectivity index (χ0) is 13.1. The van der Waals surface area contributed by atoms with Gasteiger partial charge in [0.2, 0.25) is 0 Å². The predicted molar refractivity (Wildman–Crippen MR) is 84.7 cm³/mol. The highest BCUT2D eigenvalue weighted by Crippen LogP contribution is 2.41. The molecule has 1 aliphatic rings. The lowest BCUT2D eigenvalue weighted by Gasteiger charge is -2.34. The van der Waals surface area contributed by atoms with Gasteiger partial charge >= 0.3 is 0 Å². The van der Waals surface area contributed by atoms with E-state index in [9.17, 15) is 0 Å². The van der Waals surface area contributed by atoms with Crippen LogP contribution >= 0.6 is 46.7 Å². The smallest absolute Gasteiger partial charge is 0.0641 e. The van der Waals surface area contributed by atoms with E-state index in [1.165, 1.54) is 5.75 Å². The van der Waals surface area contributed by atoms with Crippen LogP contribution in [-0.4, -0.2) is 22.0 Å². The minimum absolute atomic E-state index is 0.0315. The maximum atomic E-state index is 6.29. The topological polar surface area (TPSA) is 38.0 Å². The molecular weight excluding hydrogens is 307 g/mol. The molecule has 0 aliphatic carbocycles. The van der Waals surface area contributed by atoms with Crippen LogP contribution in [0.3, 0.4) is 0 Å². The lowest BCUT2D eigenvalue weighted by atomic mass is 10.0. The number of benzene rings is 1. The van der Waals surface area contributed by atoms with Gasteiger partial charge in [-0.3, -0.25) is 11.3 Å². The Morgan fingerprint density at radius 3 is 2.72 bits per heavy atom. The number of nitrogens with two attached hydrogens (primary N) is 1. The fourth-order valence-corrected chi connectivity index (χ4v) is 5.48. The van der Waals surface area contributed by atoms with E-state index in [0.29, 0.717) is 20.5 Å². The van der Waals surface area contributed by atoms with Gasteiger partial charge in [0.15, 0.2) is 0 Å². The van der Waals surface area contributed by atoms with Crippen molar-refractivity contribution < 1.29 is 0 Å². The van der Waals surface area contributed by atoms with Gasteiger partial charge in [-0.1, -0.05) is 42.3 Å². The zero-order valence-corrected chi connectivity index (χ0v) is 13.2. The fourth-order valence-electron chi connectivity index (χ4n) is 2.14. The second-order valence-corrected chi connectivity index (χ2v) is 7.75. The molecule has 3 unspecified atom stereocenters. The number of halogens is 2. The van der Waals surface area contributed by atoms with Gasteiger partial charge in [0.25, 0.3) is 0 Å². The first-order valence-corrected chi connectivity index (χ1v) is 8.63. The Bertz CT molecular complexity index is 417. The number of thioether (sulfide) groups is 2. The van der Waals surface area contributed by atoms with Crippen LogP contribution in [0.25, 0.3) is 0 Å². The molecule has 18 heavy (non-hydrogen) atoms. The summed E-state index contributed by atoms with van der Waals surface area (Å²) in [6.07, 6.45) is 0. The molecule has 1 fully saturated rings. The van der Waals surface area contributed by atoms with E-state index >= 15 is 0 Å². The van der Waals surface area contributed by atoms with E-state index in [1.54, 1.807) is 6.07 Å². The third kappa shape index (κ3) is 3.11. The predicted octanol–water partition coefficient (Wildman–Crippen LogP) is 3.73. The van der Waals surface area contributed by atoms with Crippen LogP contribution in [0.4, 0.5) is 0 Å². The second kappa shape index (κ2) is 6.73. The lowest BCUT2D eigenvalue weighted by molar-refractivity contribution is 0.527. The first-order valence-electron chi connectivity index (χ1n) is 5.78. The minimum atomic E-state index is 0.0315. The van der Waals surface area contributed by atoms with Crippen molar-refractivity contribution in [3.63, 3.8) is 0 Å². The normalized spacial score (nSPS) is 26.0. The van der Waals surface area contributed by atoms with Gasteiger partial charge in [0.05, 0.1) is 16.1 Å². The summed E-state index contributed by atoms with van der Waals surface area (Å²) in [5, 5.41) is 2.13. The van der Waals surface area contributed by atoms with Crippen molar-refractivity contribution in [3.05, 3.63) is 33.8 Å². The summed E-state index contributed by atoms with van der Waals surface area (Å²) in [6, 6.07) is 5.74. The van der Waals surface area contributed by atoms with E-state index in [-0.39, 0.29) is 6.04 Å². The van der Waals surface area contributed by atoms with Crippen LogP contribution < -0.4 is 11.3 Å². The van der Waals surface area contributed by atoms with Crippen molar-refractivity contribution in [3.8, 4) is 0 Å². The molecule has 1 heterocycles. The first kappa shape index (κ1) is 14.8. The van der Waals surface area contributed by atoms with Crippen LogP contribution in [-0.2, 0) is 0 Å². The lowest BCUT2D eigenvalue weighted by Crippen LogP contribution is -2.41. The summed E-state index contributed by atoms with van der Waals surface area (Å²) < 4.78 is 0. The molecule has 100 valence electrons. The molecule has 0 saturated carbocycles. The number of hydrogen-bond donors (Lipinski definition) is 2. The minimum Gasteiger partial charge on any atom is -0.271 e. The molecule has 0 bridgehead atoms. The average molecular weight is 323 g/mol. The summed E-state index contributed by atoms with van der Waals surface area (Å²) in [4.78, 5) is 0. The first-order chi connectivity index (χ1) is 8.65. The van der Waals surface area contributed by atoms with E-state index in [0.717, 1.165) is 11.3 Å². The third-order valence-electron chi connectivity index (χ3n) is 3.06. The number of rotatable bonds is 3. The van der Waals surface area contributed by atoms with E-state index < -0.39 is 0 Å². The van der Waals surface area contributed by atoms with Gasteiger partial charge in [0, 0.05) is 22.0 Å². The van der Waals surface area contributed by atoms with Crippen LogP contribution in [0.15, 0.2) is 18.2 Å². The third-order valence-corrected chi connectivity index (χ3v) is 7.09. The van der Waals surface area contributed by atoms with Crippen LogP contribution in [0, 0.1) is 0 Å². The van der Waals surface area contributed by atoms with Crippen molar-refractivity contribution in [1.82, 2.24) is 5.43 Å². The number of hydrazine groups is 1. The van der Waals surface area contributed by atoms with Gasteiger partial charge in [-0.25, -0.2) is 0 Å². The summed E-state index contributed by atoms with van der Waals surface area (Å²) in [6.45, 7) is 2.24. The maximum Gasteiger partial charge on any atom is 0.0641 e. The Hall–Kier alpha value is 0.420. The van der Waals surface area contributed by atoms with Crippen molar-refractivity contribution in [2.45, 2.75) is 23.5 Å². The molecule has 1 aliphatic heterocycles. The quantitative estimate of drug-likeness (QED) is 0.656. The standard InChI is InChI=1S/C12H16Cl2N2S2/c1-7-12(18-6-5-17-7)11(16-15)8-3-2-4-9(13)10(8)14/h2-4,7,11-12,16H,5-6,15H2,1H3. The molecule has 3 N–H and O–H groups in total. The Labute approximate surface area is 126 Å². The molecular formula is C12H16Cl2N2S2. The maximum absolute atomic E-state index is 6.29. The van der Waals surface area contributed by atoms with Gasteiger partial charge in [-0.2, -0.15) is 23.5 Å². The summed E-state index contributed by atoms with van der Waals surface area (Å²) >= 11 is 16.3. The SMILES string of the molecule is CC1SCCSC1C(NN)c1cccc(Cl)c1Cl. The summed E-state index contributed by atoms with van der Waals surface area (Å²) in [5.74, 6) is 8.09. The van der Waals surface area contributed by atoms with Gasteiger partial charge in [-0.05, 0) is 11.6 Å². The van der Waals surface area contributed by atoms with Crippen molar-refractivity contribution in [2.75, 3.05) is 11.5 Å². The summed E-state index contributed by atoms with van der Waals surface area (Å²) in [7, 11) is 0. The van der Waals surface area contributed by atoms with E-state index in [1.807, 2.05) is 35.7 Å². The molecule has 2 rings (SSSR count). The molecule has 0 amide bonds. The Kier molecular flexibility index (Phi) is 5.54. The second-order valence-electron chi connectivity index (χ2n) is 4.20. The van der Waals surface area contributed by atoms with Gasteiger partial charge in [-0.15, -0.1) is 0 Å². The highest BCUT2D eigenvalue weighted by Gasteiger charge is 2.32. The van der Waals surface area contributed by atoms with Crippen LogP contribution in [0.5, 0.6) is 0 Å². The summed E-state index contributed by atoms with van der Waals surface area (Å²) in [5.41, 5.74) is 3.89. The number of hydrogen-bond acceptors (Lipinski definition) is 4. The van der Waals surface area contributed by atoms with Gasteiger partial charge < -0.3 is 0 Å². The molecule has 1 aromatic rings. The highest BCUT2D eigenvalue weighted by molar-refractivity contribution is 8.07.